The van der Waals surface area contributed by atoms with Crippen LogP contribution in [0.5, 0.6) is 0 Å². The number of hydrogen-bond acceptors (Lipinski definition) is 5. The Labute approximate surface area is 160 Å². The van der Waals surface area contributed by atoms with Gasteiger partial charge in [-0.15, -0.1) is 0 Å². The number of benzene rings is 2. The Balaban J connectivity index is 1.93. The summed E-state index contributed by atoms with van der Waals surface area (Å²) in [6.45, 7) is 0.249. The normalized spacial score (nSPS) is 18.6. The molecule has 1 fully saturated rings. The van der Waals surface area contributed by atoms with Crippen LogP contribution in [0.4, 0.5) is 5.69 Å². The first-order chi connectivity index (χ1) is 12.3. The van der Waals surface area contributed by atoms with Gasteiger partial charge in [-0.2, -0.15) is 4.31 Å². The van der Waals surface area contributed by atoms with E-state index in [1.54, 1.807) is 18.2 Å². The molecule has 26 heavy (non-hydrogen) atoms. The van der Waals surface area contributed by atoms with E-state index >= 15 is 0 Å². The van der Waals surface area contributed by atoms with E-state index in [1.165, 1.54) is 28.6 Å². The molecule has 0 aliphatic carbocycles. The van der Waals surface area contributed by atoms with Crippen molar-refractivity contribution in [2.24, 2.45) is 0 Å². The van der Waals surface area contributed by atoms with Gasteiger partial charge in [-0.05, 0) is 29.8 Å². The van der Waals surface area contributed by atoms with Crippen LogP contribution < -0.4 is 0 Å². The first-order valence-electron chi connectivity index (χ1n) is 7.60. The topological polar surface area (TPSA) is 89.8 Å². The molecule has 1 aliphatic rings. The van der Waals surface area contributed by atoms with Crippen LogP contribution in [0.3, 0.4) is 0 Å². The van der Waals surface area contributed by atoms with Gasteiger partial charge in [-0.3, -0.25) is 10.1 Å². The van der Waals surface area contributed by atoms with E-state index in [9.17, 15) is 18.5 Å². The zero-order chi connectivity index (χ0) is 18.9. The smallest absolute Gasteiger partial charge is 0.289 e. The van der Waals surface area contributed by atoms with E-state index in [-0.39, 0.29) is 24.6 Å². The summed E-state index contributed by atoms with van der Waals surface area (Å²) in [5.74, 6) is 0. The monoisotopic (exact) mass is 416 g/mol. The molecule has 2 aromatic carbocycles. The Hall–Kier alpha value is -1.71. The zero-order valence-electron chi connectivity index (χ0n) is 13.3. The third-order valence-corrected chi connectivity index (χ3v) is 6.31. The number of halogens is 2. The number of nitro benzene ring substituents is 1. The number of ether oxygens (including phenoxy) is 1. The molecule has 0 radical (unpaired) electrons. The maximum Gasteiger partial charge on any atom is 0.289 e. The van der Waals surface area contributed by atoms with Gasteiger partial charge in [-0.1, -0.05) is 35.3 Å². The second kappa shape index (κ2) is 7.50. The van der Waals surface area contributed by atoms with Crippen LogP contribution in [-0.2, 0) is 14.8 Å². The number of morpholine rings is 1. The van der Waals surface area contributed by atoms with Crippen molar-refractivity contribution >= 4 is 38.9 Å². The van der Waals surface area contributed by atoms with Crippen LogP contribution in [0.2, 0.25) is 10.0 Å². The first kappa shape index (κ1) is 19.1. The molecule has 0 amide bonds. The second-order valence-corrected chi connectivity index (χ2v) is 8.43. The van der Waals surface area contributed by atoms with Gasteiger partial charge in [0.05, 0.1) is 17.6 Å². The molecule has 7 nitrogen and oxygen atoms in total. The predicted molar refractivity (Wildman–Crippen MR) is 97.0 cm³/mol. The van der Waals surface area contributed by atoms with E-state index in [1.807, 2.05) is 0 Å². The zero-order valence-corrected chi connectivity index (χ0v) is 15.7. The van der Waals surface area contributed by atoms with Crippen molar-refractivity contribution in [2.75, 3.05) is 19.7 Å². The lowest BCUT2D eigenvalue weighted by Crippen LogP contribution is -2.42. The summed E-state index contributed by atoms with van der Waals surface area (Å²) in [6, 6.07) is 10.1. The fourth-order valence-corrected chi connectivity index (χ4v) is 4.90. The first-order valence-corrected chi connectivity index (χ1v) is 9.80. The Kier molecular flexibility index (Phi) is 5.50. The van der Waals surface area contributed by atoms with Crippen LogP contribution in [0.15, 0.2) is 47.4 Å². The molecule has 0 aromatic heterocycles. The van der Waals surface area contributed by atoms with Crippen molar-refractivity contribution < 1.29 is 18.1 Å². The quantitative estimate of drug-likeness (QED) is 0.560. The third-order valence-electron chi connectivity index (χ3n) is 3.97. The fourth-order valence-electron chi connectivity index (χ4n) is 2.77. The molecule has 3 rings (SSSR count). The maximum atomic E-state index is 12.9. The lowest BCUT2D eigenvalue weighted by molar-refractivity contribution is -0.387. The summed E-state index contributed by atoms with van der Waals surface area (Å²) in [4.78, 5) is 10.1. The average molecular weight is 417 g/mol. The molecular formula is C16H14Cl2N2O5S. The summed E-state index contributed by atoms with van der Waals surface area (Å²) in [7, 11) is -4.05. The van der Waals surface area contributed by atoms with Gasteiger partial charge in [-0.25, -0.2) is 8.42 Å². The minimum atomic E-state index is -4.05. The molecular weight excluding hydrogens is 403 g/mol. The average Bonchev–Trinajstić information content (AvgIpc) is 2.61. The molecule has 10 heteroatoms. The Morgan fingerprint density at radius 1 is 1.15 bits per heavy atom. The predicted octanol–water partition coefficient (Wildman–Crippen LogP) is 3.66. The Morgan fingerprint density at radius 3 is 2.46 bits per heavy atom. The minimum Gasteiger partial charge on any atom is -0.371 e. The van der Waals surface area contributed by atoms with E-state index in [0.29, 0.717) is 15.6 Å². The summed E-state index contributed by atoms with van der Waals surface area (Å²) in [6.07, 6.45) is -0.572. The molecule has 1 heterocycles. The molecule has 0 bridgehead atoms. The highest BCUT2D eigenvalue weighted by molar-refractivity contribution is 7.89. The van der Waals surface area contributed by atoms with Gasteiger partial charge >= 0.3 is 0 Å². The van der Waals surface area contributed by atoms with Crippen molar-refractivity contribution in [1.82, 2.24) is 4.31 Å². The van der Waals surface area contributed by atoms with Crippen LogP contribution in [0.1, 0.15) is 11.7 Å². The number of hydrogen-bond donors (Lipinski definition) is 0. The third kappa shape index (κ3) is 3.84. The van der Waals surface area contributed by atoms with Crippen LogP contribution in [0, 0.1) is 10.1 Å². The molecule has 1 unspecified atom stereocenters. The van der Waals surface area contributed by atoms with Gasteiger partial charge in [0, 0.05) is 29.2 Å². The standard InChI is InChI=1S/C16H14Cl2N2O5S/c17-12-7-11(8-13(18)9-12)15-10-19(5-6-25-15)26(23,24)16-4-2-1-3-14(16)20(21)22/h1-4,7-9,15H,5-6,10H2. The molecule has 1 saturated heterocycles. The molecule has 1 aliphatic heterocycles. The summed E-state index contributed by atoms with van der Waals surface area (Å²) < 4.78 is 32.7. The Bertz CT molecular complexity index is 931. The summed E-state index contributed by atoms with van der Waals surface area (Å²) in [5.41, 5.74) is 0.186. The number of para-hydroxylation sites is 1. The molecule has 2 aromatic rings. The molecule has 0 saturated carbocycles. The fraction of sp³-hybridized carbons (Fsp3) is 0.250. The highest BCUT2D eigenvalue weighted by atomic mass is 35.5. The van der Waals surface area contributed by atoms with Crippen LogP contribution in [-0.4, -0.2) is 37.3 Å². The SMILES string of the molecule is O=[N+]([O-])c1ccccc1S(=O)(=O)N1CCOC(c2cc(Cl)cc(Cl)c2)C1. The molecule has 1 atom stereocenters. The van der Waals surface area contributed by atoms with Gasteiger partial charge in [0.2, 0.25) is 10.0 Å². The van der Waals surface area contributed by atoms with E-state index in [2.05, 4.69) is 0 Å². The lowest BCUT2D eigenvalue weighted by Gasteiger charge is -2.32. The van der Waals surface area contributed by atoms with Crippen LogP contribution >= 0.6 is 23.2 Å². The number of sulfonamides is 1. The number of rotatable bonds is 4. The summed E-state index contributed by atoms with van der Waals surface area (Å²) in [5, 5.41) is 12.0. The number of nitro groups is 1. The van der Waals surface area contributed by atoms with Crippen molar-refractivity contribution in [3.05, 3.63) is 68.2 Å². The van der Waals surface area contributed by atoms with E-state index < -0.39 is 26.7 Å². The van der Waals surface area contributed by atoms with E-state index in [0.717, 1.165) is 0 Å². The van der Waals surface area contributed by atoms with Crippen molar-refractivity contribution in [3.8, 4) is 0 Å². The largest absolute Gasteiger partial charge is 0.371 e. The highest BCUT2D eigenvalue weighted by Gasteiger charge is 2.35. The minimum absolute atomic E-state index is 0.00501. The highest BCUT2D eigenvalue weighted by Crippen LogP contribution is 2.32. The van der Waals surface area contributed by atoms with Gasteiger partial charge in [0.25, 0.3) is 5.69 Å². The second-order valence-electron chi connectivity index (χ2n) is 5.65. The molecule has 138 valence electrons. The molecule has 0 N–H and O–H groups in total. The van der Waals surface area contributed by atoms with Gasteiger partial charge in [0.1, 0.15) is 0 Å². The lowest BCUT2D eigenvalue weighted by atomic mass is 10.1. The molecule has 0 spiro atoms. The van der Waals surface area contributed by atoms with Crippen molar-refractivity contribution in [1.29, 1.82) is 0 Å². The van der Waals surface area contributed by atoms with Crippen molar-refractivity contribution in [2.45, 2.75) is 11.0 Å². The van der Waals surface area contributed by atoms with Gasteiger partial charge in [0.15, 0.2) is 4.90 Å². The summed E-state index contributed by atoms with van der Waals surface area (Å²) >= 11 is 12.0. The van der Waals surface area contributed by atoms with Crippen molar-refractivity contribution in [3.63, 3.8) is 0 Å². The van der Waals surface area contributed by atoms with Gasteiger partial charge < -0.3 is 4.74 Å². The van der Waals surface area contributed by atoms with Crippen LogP contribution in [0.25, 0.3) is 0 Å². The maximum absolute atomic E-state index is 12.9. The van der Waals surface area contributed by atoms with E-state index in [4.69, 9.17) is 27.9 Å². The number of nitrogens with zero attached hydrogens (tertiary/aromatic N) is 2. The Morgan fingerprint density at radius 2 is 1.81 bits per heavy atom.